The summed E-state index contributed by atoms with van der Waals surface area (Å²) in [6.45, 7) is 0.746. The lowest BCUT2D eigenvalue weighted by molar-refractivity contribution is -0.192. The summed E-state index contributed by atoms with van der Waals surface area (Å²) < 4.78 is 31.7. The number of rotatable bonds is 3. The predicted molar refractivity (Wildman–Crippen MR) is 100 cm³/mol. The monoisotopic (exact) mass is 407 g/mol. The minimum atomic E-state index is -5.08. The molecule has 154 valence electrons. The van der Waals surface area contributed by atoms with Gasteiger partial charge in [-0.15, -0.1) is 0 Å². The van der Waals surface area contributed by atoms with Gasteiger partial charge in [0.15, 0.2) is 0 Å². The van der Waals surface area contributed by atoms with Crippen LogP contribution in [0.3, 0.4) is 0 Å². The largest absolute Gasteiger partial charge is 0.490 e. The number of nitrogens with zero attached hydrogens (tertiary/aromatic N) is 2. The highest BCUT2D eigenvalue weighted by molar-refractivity contribution is 5.81. The SMILES string of the molecule is CN(Cc1[nH]nc2ccccc12)[C@@H]1Cc2ccccc2[C@@H]1O.O=C(O)C(F)(F)F. The van der Waals surface area contributed by atoms with Crippen molar-refractivity contribution in [2.75, 3.05) is 7.05 Å². The third-order valence-corrected chi connectivity index (χ3v) is 4.92. The average molecular weight is 407 g/mol. The van der Waals surface area contributed by atoms with Crippen LogP contribution >= 0.6 is 0 Å². The number of hydrogen-bond acceptors (Lipinski definition) is 4. The first-order valence-electron chi connectivity index (χ1n) is 8.86. The number of aliphatic hydroxyl groups excluding tert-OH is 1. The number of alkyl halides is 3. The standard InChI is InChI=1S/C18H19N3O.C2HF3O2/c1-21(11-16-14-8-4-5-9-15(14)19-20-16)17-10-12-6-2-3-7-13(12)18(17)22;3-2(4,5)1(6)7/h2-9,17-18,22H,10-11H2,1H3,(H,19,20);(H,6,7)/t17-,18+;/m1./s1. The van der Waals surface area contributed by atoms with E-state index in [2.05, 4.69) is 34.3 Å². The smallest absolute Gasteiger partial charge is 0.475 e. The van der Waals surface area contributed by atoms with Crippen LogP contribution in [0.1, 0.15) is 22.9 Å². The molecule has 0 radical (unpaired) electrons. The first-order valence-corrected chi connectivity index (χ1v) is 8.86. The zero-order chi connectivity index (χ0) is 21.2. The van der Waals surface area contributed by atoms with Crippen LogP contribution in [-0.4, -0.2) is 50.5 Å². The molecule has 6 nitrogen and oxygen atoms in total. The molecule has 1 heterocycles. The van der Waals surface area contributed by atoms with Gasteiger partial charge in [-0.1, -0.05) is 42.5 Å². The number of benzene rings is 2. The van der Waals surface area contributed by atoms with Crippen LogP contribution in [0.5, 0.6) is 0 Å². The fourth-order valence-corrected chi connectivity index (χ4v) is 3.45. The molecule has 0 unspecified atom stereocenters. The molecule has 0 amide bonds. The number of fused-ring (bicyclic) bond motifs is 2. The highest BCUT2D eigenvalue weighted by Crippen LogP contribution is 2.34. The van der Waals surface area contributed by atoms with E-state index >= 15 is 0 Å². The maximum Gasteiger partial charge on any atom is 0.490 e. The van der Waals surface area contributed by atoms with Gasteiger partial charge in [0.25, 0.3) is 0 Å². The maximum absolute atomic E-state index is 10.6. The molecule has 2 atom stereocenters. The molecule has 1 aliphatic rings. The van der Waals surface area contributed by atoms with Crippen LogP contribution in [0, 0.1) is 0 Å². The van der Waals surface area contributed by atoms with Crippen molar-refractivity contribution in [3.05, 3.63) is 65.4 Å². The summed E-state index contributed by atoms with van der Waals surface area (Å²) in [5.41, 5.74) is 4.40. The number of carboxylic acid groups (broad SMARTS) is 1. The summed E-state index contributed by atoms with van der Waals surface area (Å²) in [5, 5.41) is 26.3. The Hall–Kier alpha value is -2.91. The Bertz CT molecular complexity index is 1000. The second kappa shape index (κ2) is 8.22. The molecule has 0 aliphatic heterocycles. The van der Waals surface area contributed by atoms with E-state index in [9.17, 15) is 18.3 Å². The minimum Gasteiger partial charge on any atom is -0.475 e. The number of aromatic nitrogens is 2. The molecule has 2 aromatic carbocycles. The van der Waals surface area contributed by atoms with Gasteiger partial charge in [-0.25, -0.2) is 4.79 Å². The Labute approximate surface area is 164 Å². The number of halogens is 3. The Morgan fingerprint density at radius 1 is 1.21 bits per heavy atom. The van der Waals surface area contributed by atoms with E-state index in [0.29, 0.717) is 0 Å². The van der Waals surface area contributed by atoms with Crippen molar-refractivity contribution in [3.8, 4) is 0 Å². The number of aliphatic carboxylic acids is 1. The molecule has 0 saturated carbocycles. The topological polar surface area (TPSA) is 89.5 Å². The lowest BCUT2D eigenvalue weighted by atomic mass is 10.1. The average Bonchev–Trinajstić information content (AvgIpc) is 3.23. The number of likely N-dealkylation sites (N-methyl/N-ethyl adjacent to an activating group) is 1. The molecule has 0 spiro atoms. The molecule has 1 aromatic heterocycles. The number of carbonyl (C=O) groups is 1. The highest BCUT2D eigenvalue weighted by atomic mass is 19.4. The molecular formula is C20H20F3N3O3. The fourth-order valence-electron chi connectivity index (χ4n) is 3.45. The number of aliphatic hydroxyl groups is 1. The van der Waals surface area contributed by atoms with Gasteiger partial charge in [-0.3, -0.25) is 10.00 Å². The second-order valence-corrected chi connectivity index (χ2v) is 6.85. The predicted octanol–water partition coefficient (Wildman–Crippen LogP) is 3.29. The van der Waals surface area contributed by atoms with Crippen molar-refractivity contribution in [2.24, 2.45) is 0 Å². The van der Waals surface area contributed by atoms with Crippen LogP contribution in [0.15, 0.2) is 48.5 Å². The van der Waals surface area contributed by atoms with Crippen LogP contribution in [-0.2, 0) is 17.8 Å². The molecule has 0 bridgehead atoms. The fraction of sp³-hybridized carbons (Fsp3) is 0.300. The number of para-hydroxylation sites is 1. The van der Waals surface area contributed by atoms with Gasteiger partial charge in [-0.05, 0) is 30.7 Å². The summed E-state index contributed by atoms with van der Waals surface area (Å²) in [7, 11) is 2.06. The summed E-state index contributed by atoms with van der Waals surface area (Å²) in [5.74, 6) is -2.76. The van der Waals surface area contributed by atoms with Crippen molar-refractivity contribution in [1.82, 2.24) is 15.1 Å². The van der Waals surface area contributed by atoms with Crippen molar-refractivity contribution in [1.29, 1.82) is 0 Å². The number of nitrogens with one attached hydrogen (secondary N) is 1. The van der Waals surface area contributed by atoms with Crippen molar-refractivity contribution < 1.29 is 28.2 Å². The minimum absolute atomic E-state index is 0.111. The summed E-state index contributed by atoms with van der Waals surface area (Å²) in [4.78, 5) is 11.1. The normalized spacial score (nSPS) is 18.4. The highest BCUT2D eigenvalue weighted by Gasteiger charge is 2.38. The van der Waals surface area contributed by atoms with Crippen LogP contribution in [0.2, 0.25) is 0 Å². The molecular weight excluding hydrogens is 387 g/mol. The molecule has 4 rings (SSSR count). The Morgan fingerprint density at radius 3 is 2.48 bits per heavy atom. The van der Waals surface area contributed by atoms with Crippen molar-refractivity contribution in [3.63, 3.8) is 0 Å². The molecule has 9 heteroatoms. The number of H-pyrrole nitrogens is 1. The van der Waals surface area contributed by atoms with Gasteiger partial charge in [0.2, 0.25) is 0 Å². The van der Waals surface area contributed by atoms with E-state index in [4.69, 9.17) is 9.90 Å². The number of aromatic amines is 1. The summed E-state index contributed by atoms with van der Waals surface area (Å²) >= 11 is 0. The van der Waals surface area contributed by atoms with E-state index in [0.717, 1.165) is 35.1 Å². The van der Waals surface area contributed by atoms with Gasteiger partial charge >= 0.3 is 12.1 Å². The van der Waals surface area contributed by atoms with E-state index in [1.807, 2.05) is 36.4 Å². The zero-order valence-electron chi connectivity index (χ0n) is 15.5. The third kappa shape index (κ3) is 4.57. The zero-order valence-corrected chi connectivity index (χ0v) is 15.5. The Kier molecular flexibility index (Phi) is 5.90. The second-order valence-electron chi connectivity index (χ2n) is 6.85. The molecule has 3 aromatic rings. The number of carboxylic acids is 1. The van der Waals surface area contributed by atoms with Crippen molar-refractivity contribution in [2.45, 2.75) is 31.3 Å². The van der Waals surface area contributed by atoms with Crippen molar-refractivity contribution >= 4 is 16.9 Å². The third-order valence-electron chi connectivity index (χ3n) is 4.92. The van der Waals surface area contributed by atoms with Gasteiger partial charge in [0, 0.05) is 18.0 Å². The van der Waals surface area contributed by atoms with Gasteiger partial charge in [-0.2, -0.15) is 18.3 Å². The van der Waals surface area contributed by atoms with Crippen LogP contribution in [0.25, 0.3) is 10.9 Å². The van der Waals surface area contributed by atoms with Crippen LogP contribution in [0.4, 0.5) is 13.2 Å². The van der Waals surface area contributed by atoms with Gasteiger partial charge < -0.3 is 10.2 Å². The molecule has 29 heavy (non-hydrogen) atoms. The lowest BCUT2D eigenvalue weighted by Gasteiger charge is -2.26. The summed E-state index contributed by atoms with van der Waals surface area (Å²) in [6, 6.07) is 16.4. The molecule has 1 aliphatic carbocycles. The molecule has 0 fully saturated rings. The van der Waals surface area contributed by atoms with E-state index in [-0.39, 0.29) is 6.04 Å². The Balaban J connectivity index is 0.000000298. The number of hydrogen-bond donors (Lipinski definition) is 3. The van der Waals surface area contributed by atoms with Gasteiger partial charge in [0.1, 0.15) is 0 Å². The maximum atomic E-state index is 10.6. The van der Waals surface area contributed by atoms with Gasteiger partial charge in [0.05, 0.1) is 17.3 Å². The van der Waals surface area contributed by atoms with E-state index in [1.165, 1.54) is 5.56 Å². The first kappa shape index (κ1) is 20.8. The molecule has 0 saturated heterocycles. The Morgan fingerprint density at radius 2 is 1.83 bits per heavy atom. The quantitative estimate of drug-likeness (QED) is 0.620. The first-order chi connectivity index (χ1) is 13.7. The lowest BCUT2D eigenvalue weighted by Crippen LogP contribution is -2.34. The van der Waals surface area contributed by atoms with E-state index < -0.39 is 18.2 Å². The molecule has 3 N–H and O–H groups in total. The van der Waals surface area contributed by atoms with Crippen LogP contribution < -0.4 is 0 Å². The summed E-state index contributed by atoms with van der Waals surface area (Å²) in [6.07, 6.45) is -4.62. The van der Waals surface area contributed by atoms with E-state index in [1.54, 1.807) is 0 Å².